The number of H-pyrrole nitrogens is 1. The largest absolute Gasteiger partial charge is 0.311 e. The second kappa shape index (κ2) is 8.79. The number of piperidine rings is 1. The van der Waals surface area contributed by atoms with Gasteiger partial charge in [-0.1, -0.05) is 18.6 Å². The van der Waals surface area contributed by atoms with E-state index in [4.69, 9.17) is 0 Å². The molecule has 0 bridgehead atoms. The van der Waals surface area contributed by atoms with Crippen LogP contribution in [0.25, 0.3) is 11.0 Å². The molecule has 8 nitrogen and oxygen atoms in total. The molecule has 0 aliphatic carbocycles. The molecule has 1 fully saturated rings. The first-order valence-corrected chi connectivity index (χ1v) is 10.5. The molecule has 0 spiro atoms. The minimum atomic E-state index is -0.231. The van der Waals surface area contributed by atoms with E-state index in [1.165, 1.54) is 19.3 Å². The minimum absolute atomic E-state index is 0.0337. The van der Waals surface area contributed by atoms with E-state index < -0.39 is 0 Å². The van der Waals surface area contributed by atoms with Crippen LogP contribution in [0.15, 0.2) is 29.1 Å². The predicted molar refractivity (Wildman–Crippen MR) is 117 cm³/mol. The van der Waals surface area contributed by atoms with Crippen LogP contribution in [0.5, 0.6) is 0 Å². The van der Waals surface area contributed by atoms with Gasteiger partial charge in [-0.2, -0.15) is 0 Å². The van der Waals surface area contributed by atoms with E-state index in [-0.39, 0.29) is 17.9 Å². The van der Waals surface area contributed by atoms with Gasteiger partial charge in [-0.3, -0.25) is 14.9 Å². The van der Waals surface area contributed by atoms with Crippen molar-refractivity contribution >= 4 is 22.9 Å². The highest BCUT2D eigenvalue weighted by molar-refractivity contribution is 5.92. The van der Waals surface area contributed by atoms with Gasteiger partial charge in [-0.25, -0.2) is 9.97 Å². The molecule has 30 heavy (non-hydrogen) atoms. The molecule has 0 unspecified atom stereocenters. The van der Waals surface area contributed by atoms with Crippen molar-refractivity contribution in [2.45, 2.75) is 46.1 Å². The van der Waals surface area contributed by atoms with Crippen molar-refractivity contribution in [3.05, 3.63) is 51.7 Å². The van der Waals surface area contributed by atoms with Crippen LogP contribution in [0.2, 0.25) is 0 Å². The second-order valence-electron chi connectivity index (χ2n) is 7.93. The number of amides is 1. The molecule has 3 aromatic rings. The Hall–Kier alpha value is -3.00. The molecule has 1 aromatic carbocycles. The minimum Gasteiger partial charge on any atom is -0.311 e. The van der Waals surface area contributed by atoms with E-state index >= 15 is 0 Å². The van der Waals surface area contributed by atoms with Gasteiger partial charge in [0, 0.05) is 18.7 Å². The van der Waals surface area contributed by atoms with Crippen LogP contribution in [0.1, 0.15) is 36.3 Å². The van der Waals surface area contributed by atoms with Crippen LogP contribution in [0, 0.1) is 13.8 Å². The van der Waals surface area contributed by atoms with Gasteiger partial charge in [0.05, 0.1) is 23.1 Å². The number of aromatic nitrogens is 4. The molecule has 0 saturated carbocycles. The summed E-state index contributed by atoms with van der Waals surface area (Å²) >= 11 is 0. The highest BCUT2D eigenvalue weighted by Crippen LogP contribution is 2.20. The topological polar surface area (TPSA) is 95.9 Å². The Kier molecular flexibility index (Phi) is 5.94. The van der Waals surface area contributed by atoms with Gasteiger partial charge in [-0.05, 0) is 51.9 Å². The summed E-state index contributed by atoms with van der Waals surface area (Å²) in [5.41, 5.74) is 2.61. The number of imidazole rings is 1. The van der Waals surface area contributed by atoms with E-state index in [2.05, 4.69) is 29.7 Å². The molecule has 4 rings (SSSR count). The Bertz CT molecular complexity index is 1110. The molecule has 0 radical (unpaired) electrons. The summed E-state index contributed by atoms with van der Waals surface area (Å²) in [4.78, 5) is 38.8. The third kappa shape index (κ3) is 4.43. The van der Waals surface area contributed by atoms with Gasteiger partial charge in [0.25, 0.3) is 5.56 Å². The van der Waals surface area contributed by atoms with Crippen LogP contribution < -0.4 is 10.9 Å². The summed E-state index contributed by atoms with van der Waals surface area (Å²) in [7, 11) is 0. The zero-order valence-electron chi connectivity index (χ0n) is 17.6. The number of hydrogen-bond donors (Lipinski definition) is 2. The number of rotatable bonds is 6. The monoisotopic (exact) mass is 408 g/mol. The number of hydrogen-bond acceptors (Lipinski definition) is 5. The fraction of sp³-hybridized carbons (Fsp3) is 0.455. The predicted octanol–water partition coefficient (Wildman–Crippen LogP) is 2.40. The van der Waals surface area contributed by atoms with Gasteiger partial charge in [0.15, 0.2) is 0 Å². The quantitative estimate of drug-likeness (QED) is 0.653. The third-order valence-corrected chi connectivity index (χ3v) is 5.69. The molecular weight excluding hydrogens is 380 g/mol. The van der Waals surface area contributed by atoms with Gasteiger partial charge >= 0.3 is 0 Å². The van der Waals surface area contributed by atoms with Crippen molar-refractivity contribution < 1.29 is 4.79 Å². The number of benzene rings is 1. The Labute approximate surface area is 175 Å². The number of fused-ring (bicyclic) bond motifs is 1. The zero-order valence-corrected chi connectivity index (χ0v) is 17.6. The average molecular weight is 409 g/mol. The van der Waals surface area contributed by atoms with Crippen molar-refractivity contribution in [2.24, 2.45) is 0 Å². The van der Waals surface area contributed by atoms with Crippen LogP contribution >= 0.6 is 0 Å². The Morgan fingerprint density at radius 3 is 2.67 bits per heavy atom. The molecule has 1 aliphatic heterocycles. The lowest BCUT2D eigenvalue weighted by Crippen LogP contribution is -2.33. The number of carbonyl (C=O) groups excluding carboxylic acids is 1. The SMILES string of the molecule is Cc1nc(CC(=O)Nc2nc3ccccc3n2CCN2CCCCC2)c(C)c(=O)[nH]1. The fourth-order valence-corrected chi connectivity index (χ4v) is 4.02. The molecule has 8 heteroatoms. The van der Waals surface area contributed by atoms with Crippen molar-refractivity contribution in [1.82, 2.24) is 24.4 Å². The molecule has 2 aromatic heterocycles. The van der Waals surface area contributed by atoms with E-state index in [9.17, 15) is 9.59 Å². The zero-order chi connectivity index (χ0) is 21.1. The first-order chi connectivity index (χ1) is 14.5. The molecule has 0 atom stereocenters. The highest BCUT2D eigenvalue weighted by Gasteiger charge is 2.17. The first kappa shape index (κ1) is 20.3. The van der Waals surface area contributed by atoms with Crippen molar-refractivity contribution in [3.8, 4) is 0 Å². The fourth-order valence-electron chi connectivity index (χ4n) is 4.02. The number of nitrogens with one attached hydrogen (secondary N) is 2. The standard InChI is InChI=1S/C22H28N6O2/c1-15-18(23-16(2)24-21(15)30)14-20(29)26-22-25-17-8-4-5-9-19(17)28(22)13-12-27-10-6-3-7-11-27/h4-5,8-9H,3,6-7,10-14H2,1-2H3,(H,23,24,30)(H,25,26,29). The Morgan fingerprint density at radius 2 is 1.87 bits per heavy atom. The van der Waals surface area contributed by atoms with Gasteiger partial charge in [-0.15, -0.1) is 0 Å². The van der Waals surface area contributed by atoms with Crippen LogP contribution in [-0.2, 0) is 17.8 Å². The maximum atomic E-state index is 12.8. The summed E-state index contributed by atoms with van der Waals surface area (Å²) in [6.07, 6.45) is 3.83. The molecular formula is C22H28N6O2. The third-order valence-electron chi connectivity index (χ3n) is 5.69. The van der Waals surface area contributed by atoms with Crippen molar-refractivity contribution in [2.75, 3.05) is 25.0 Å². The lowest BCUT2D eigenvalue weighted by atomic mass is 10.1. The molecule has 158 valence electrons. The summed E-state index contributed by atoms with van der Waals surface area (Å²) in [6, 6.07) is 7.91. The smallest absolute Gasteiger partial charge is 0.254 e. The molecule has 3 heterocycles. The van der Waals surface area contributed by atoms with E-state index in [0.717, 1.165) is 37.2 Å². The van der Waals surface area contributed by atoms with Gasteiger partial charge in [0.2, 0.25) is 11.9 Å². The number of nitrogens with zero attached hydrogens (tertiary/aromatic N) is 4. The summed E-state index contributed by atoms with van der Waals surface area (Å²) in [5.74, 6) is 0.810. The molecule has 2 N–H and O–H groups in total. The van der Waals surface area contributed by atoms with Crippen molar-refractivity contribution in [1.29, 1.82) is 0 Å². The van der Waals surface area contributed by atoms with E-state index in [1.807, 2.05) is 24.3 Å². The number of aryl methyl sites for hydroxylation is 1. The van der Waals surface area contributed by atoms with Gasteiger partial charge < -0.3 is 14.5 Å². The lowest BCUT2D eigenvalue weighted by Gasteiger charge is -2.26. The summed E-state index contributed by atoms with van der Waals surface area (Å²) < 4.78 is 2.07. The number of likely N-dealkylation sites (tertiary alicyclic amines) is 1. The second-order valence-corrected chi connectivity index (χ2v) is 7.93. The Balaban J connectivity index is 1.54. The first-order valence-electron chi connectivity index (χ1n) is 10.5. The van der Waals surface area contributed by atoms with E-state index in [1.54, 1.807) is 13.8 Å². The number of carbonyl (C=O) groups is 1. The number of aromatic amines is 1. The van der Waals surface area contributed by atoms with Gasteiger partial charge in [0.1, 0.15) is 5.82 Å². The normalized spacial score (nSPS) is 14.9. The molecule has 1 saturated heterocycles. The summed E-state index contributed by atoms with van der Waals surface area (Å²) in [6.45, 7) is 7.33. The highest BCUT2D eigenvalue weighted by atomic mass is 16.2. The Morgan fingerprint density at radius 1 is 1.10 bits per heavy atom. The lowest BCUT2D eigenvalue weighted by molar-refractivity contribution is -0.115. The molecule has 1 aliphatic rings. The number of anilines is 1. The number of para-hydroxylation sites is 2. The van der Waals surface area contributed by atoms with Crippen LogP contribution in [0.3, 0.4) is 0 Å². The maximum Gasteiger partial charge on any atom is 0.254 e. The van der Waals surface area contributed by atoms with Crippen molar-refractivity contribution in [3.63, 3.8) is 0 Å². The van der Waals surface area contributed by atoms with E-state index in [0.29, 0.717) is 23.0 Å². The van der Waals surface area contributed by atoms with Crippen LogP contribution in [0.4, 0.5) is 5.95 Å². The molecule has 1 amide bonds. The summed E-state index contributed by atoms with van der Waals surface area (Å²) in [5, 5.41) is 2.94. The van der Waals surface area contributed by atoms with Crippen LogP contribution in [-0.4, -0.2) is 50.0 Å². The maximum absolute atomic E-state index is 12.8. The average Bonchev–Trinajstić information content (AvgIpc) is 3.07.